The highest BCUT2D eigenvalue weighted by Crippen LogP contribution is 2.29. The number of hydrogen-bond donors (Lipinski definition) is 1. The van der Waals surface area contributed by atoms with Gasteiger partial charge in [0.15, 0.2) is 0 Å². The molecular weight excluding hydrogens is 206 g/mol. The van der Waals surface area contributed by atoms with Gasteiger partial charge < -0.3 is 4.98 Å². The molecule has 0 saturated heterocycles. The van der Waals surface area contributed by atoms with Crippen LogP contribution in [0.1, 0.15) is 11.1 Å². The van der Waals surface area contributed by atoms with Crippen molar-refractivity contribution >= 4 is 10.8 Å². The zero-order valence-electron chi connectivity index (χ0n) is 9.69. The Bertz CT molecular complexity index is 553. The first-order valence-corrected chi connectivity index (χ1v) is 6.02. The van der Waals surface area contributed by atoms with Crippen molar-refractivity contribution in [3.05, 3.63) is 72.1 Å². The molecule has 1 aliphatic carbocycles. The monoisotopic (exact) mass is 221 g/mol. The lowest BCUT2D eigenvalue weighted by Crippen LogP contribution is -1.76. The maximum atomic E-state index is 2.86. The summed E-state index contributed by atoms with van der Waals surface area (Å²) in [6.07, 6.45) is 6.22. The van der Waals surface area contributed by atoms with E-state index >= 15 is 0 Å². The molecule has 1 aromatic heterocycles. The molecule has 3 aromatic rings. The lowest BCUT2D eigenvalue weighted by molar-refractivity contribution is 1.02. The Morgan fingerprint density at radius 3 is 1.76 bits per heavy atom. The normalized spacial score (nSPS) is 12.2. The summed E-state index contributed by atoms with van der Waals surface area (Å²) in [6.45, 7) is 0. The fourth-order valence-electron chi connectivity index (χ4n) is 2.47. The van der Waals surface area contributed by atoms with Crippen molar-refractivity contribution in [2.75, 3.05) is 0 Å². The number of rotatable bonds is 0. The molecule has 0 fully saturated rings. The summed E-state index contributed by atoms with van der Waals surface area (Å²) in [5, 5.41) is 2.92. The summed E-state index contributed by atoms with van der Waals surface area (Å²) in [4.78, 5) is 2.86. The summed E-state index contributed by atoms with van der Waals surface area (Å²) < 4.78 is 0. The van der Waals surface area contributed by atoms with E-state index in [4.69, 9.17) is 0 Å². The van der Waals surface area contributed by atoms with Crippen molar-refractivity contribution in [2.24, 2.45) is 0 Å². The van der Waals surface area contributed by atoms with Gasteiger partial charge in [-0.15, -0.1) is 0 Å². The fraction of sp³-hybridized carbons (Fsp3) is 0.125. The summed E-state index contributed by atoms with van der Waals surface area (Å²) in [5.41, 5.74) is 3.06. The third kappa shape index (κ3) is 1.96. The largest absolute Gasteiger partial charge is 0.368 e. The Morgan fingerprint density at radius 2 is 1.29 bits per heavy atom. The van der Waals surface area contributed by atoms with Crippen LogP contribution >= 0.6 is 0 Å². The van der Waals surface area contributed by atoms with Crippen molar-refractivity contribution in [3.8, 4) is 0 Å². The summed E-state index contributed by atoms with van der Waals surface area (Å²) in [7, 11) is 0. The summed E-state index contributed by atoms with van der Waals surface area (Å²) >= 11 is 0. The Balaban J connectivity index is 0.000000153. The molecule has 0 unspecified atom stereocenters. The topological polar surface area (TPSA) is 15.8 Å². The van der Waals surface area contributed by atoms with Crippen molar-refractivity contribution in [2.45, 2.75) is 12.8 Å². The highest BCUT2D eigenvalue weighted by Gasteiger charge is 2.11. The number of aromatic amines is 1. The SMILES string of the molecule is c1cc2c3c(cccc3c1)CC2.c1cc[nH]c1. The van der Waals surface area contributed by atoms with Crippen molar-refractivity contribution in [3.63, 3.8) is 0 Å². The van der Waals surface area contributed by atoms with Gasteiger partial charge in [0.2, 0.25) is 0 Å². The number of nitrogens with one attached hydrogen (secondary N) is 1. The molecule has 0 aliphatic heterocycles. The van der Waals surface area contributed by atoms with Crippen LogP contribution in [-0.4, -0.2) is 4.98 Å². The third-order valence-corrected chi connectivity index (χ3v) is 3.24. The average Bonchev–Trinajstić information content (AvgIpc) is 3.04. The number of aryl methyl sites for hydroxylation is 2. The maximum absolute atomic E-state index is 2.86. The summed E-state index contributed by atoms with van der Waals surface area (Å²) in [5.74, 6) is 0. The molecule has 0 atom stereocenters. The number of benzene rings is 2. The second kappa shape index (κ2) is 4.46. The molecule has 2 aromatic carbocycles. The van der Waals surface area contributed by atoms with Gasteiger partial charge >= 0.3 is 0 Å². The second-order valence-electron chi connectivity index (χ2n) is 4.32. The zero-order chi connectivity index (χ0) is 11.5. The predicted octanol–water partition coefficient (Wildman–Crippen LogP) is 3.95. The van der Waals surface area contributed by atoms with Gasteiger partial charge in [-0.2, -0.15) is 0 Å². The van der Waals surface area contributed by atoms with Crippen molar-refractivity contribution in [1.29, 1.82) is 0 Å². The van der Waals surface area contributed by atoms with Gasteiger partial charge in [0.05, 0.1) is 0 Å². The quantitative estimate of drug-likeness (QED) is 0.591. The summed E-state index contributed by atoms with van der Waals surface area (Å²) in [6, 6.07) is 17.1. The van der Waals surface area contributed by atoms with Crippen LogP contribution in [-0.2, 0) is 12.8 Å². The Labute approximate surface area is 101 Å². The standard InChI is InChI=1S/C12H10.C4H5N/c1-3-9-4-2-6-11-8-7-10(5-1)12(9)11;1-2-4-5-3-1/h1-6H,7-8H2;1-5H. The molecule has 4 rings (SSSR count). The van der Waals surface area contributed by atoms with E-state index in [-0.39, 0.29) is 0 Å². The van der Waals surface area contributed by atoms with Crippen LogP contribution in [0, 0.1) is 0 Å². The van der Waals surface area contributed by atoms with E-state index < -0.39 is 0 Å². The van der Waals surface area contributed by atoms with Crippen molar-refractivity contribution < 1.29 is 0 Å². The van der Waals surface area contributed by atoms with Crippen LogP contribution in [0.2, 0.25) is 0 Å². The van der Waals surface area contributed by atoms with Crippen LogP contribution in [0.5, 0.6) is 0 Å². The van der Waals surface area contributed by atoms with E-state index in [2.05, 4.69) is 41.4 Å². The van der Waals surface area contributed by atoms with Crippen LogP contribution in [0.25, 0.3) is 10.8 Å². The molecule has 1 N–H and O–H groups in total. The van der Waals surface area contributed by atoms with Gasteiger partial charge in [0.1, 0.15) is 0 Å². The van der Waals surface area contributed by atoms with Gasteiger partial charge in [0.25, 0.3) is 0 Å². The van der Waals surface area contributed by atoms with Gasteiger partial charge in [-0.3, -0.25) is 0 Å². The molecule has 0 saturated carbocycles. The molecule has 1 heterocycles. The van der Waals surface area contributed by atoms with Crippen molar-refractivity contribution in [1.82, 2.24) is 4.98 Å². The van der Waals surface area contributed by atoms with E-state index in [0.717, 1.165) is 0 Å². The zero-order valence-corrected chi connectivity index (χ0v) is 9.69. The third-order valence-electron chi connectivity index (χ3n) is 3.24. The highest BCUT2D eigenvalue weighted by atomic mass is 14.6. The Morgan fingerprint density at radius 1 is 0.706 bits per heavy atom. The lowest BCUT2D eigenvalue weighted by Gasteiger charge is -1.99. The predicted molar refractivity (Wildman–Crippen MR) is 72.1 cm³/mol. The molecular formula is C16H15N. The molecule has 1 heteroatoms. The van der Waals surface area contributed by atoms with Crippen LogP contribution < -0.4 is 0 Å². The van der Waals surface area contributed by atoms with Gasteiger partial charge in [-0.1, -0.05) is 36.4 Å². The minimum Gasteiger partial charge on any atom is -0.368 e. The molecule has 0 radical (unpaired) electrons. The first-order chi connectivity index (χ1) is 8.45. The minimum atomic E-state index is 1.23. The van der Waals surface area contributed by atoms with Crippen LogP contribution in [0.15, 0.2) is 60.9 Å². The van der Waals surface area contributed by atoms with Crippen LogP contribution in [0.3, 0.4) is 0 Å². The molecule has 1 nitrogen and oxygen atoms in total. The Hall–Kier alpha value is -2.02. The van der Waals surface area contributed by atoms with Gasteiger partial charge in [-0.25, -0.2) is 0 Å². The Kier molecular flexibility index (Phi) is 2.66. The molecule has 0 bridgehead atoms. The van der Waals surface area contributed by atoms with Gasteiger partial charge in [-0.05, 0) is 46.9 Å². The molecule has 0 amide bonds. The molecule has 1 aliphatic rings. The van der Waals surface area contributed by atoms with E-state index in [0.29, 0.717) is 0 Å². The smallest absolute Gasteiger partial charge is 0.000496 e. The average molecular weight is 221 g/mol. The first-order valence-electron chi connectivity index (χ1n) is 6.02. The fourth-order valence-corrected chi connectivity index (χ4v) is 2.47. The van der Waals surface area contributed by atoms with E-state index in [1.807, 2.05) is 24.5 Å². The number of aromatic nitrogens is 1. The number of hydrogen-bond acceptors (Lipinski definition) is 0. The molecule has 17 heavy (non-hydrogen) atoms. The lowest BCUT2D eigenvalue weighted by atomic mass is 10.1. The highest BCUT2D eigenvalue weighted by molar-refractivity contribution is 5.90. The minimum absolute atomic E-state index is 1.23. The molecule has 84 valence electrons. The van der Waals surface area contributed by atoms with E-state index in [9.17, 15) is 0 Å². The van der Waals surface area contributed by atoms with Gasteiger partial charge in [0, 0.05) is 12.4 Å². The van der Waals surface area contributed by atoms with Crippen LogP contribution in [0.4, 0.5) is 0 Å². The molecule has 0 spiro atoms. The maximum Gasteiger partial charge on any atom is 0.000496 e. The first kappa shape index (κ1) is 10.2. The van der Waals surface area contributed by atoms with E-state index in [1.54, 1.807) is 0 Å². The second-order valence-corrected chi connectivity index (χ2v) is 4.32. The van der Waals surface area contributed by atoms with E-state index in [1.165, 1.54) is 34.7 Å². The number of H-pyrrole nitrogens is 1.